The first-order valence-corrected chi connectivity index (χ1v) is 6.72. The second kappa shape index (κ2) is 5.43. The number of aryl methyl sites for hydroxylation is 1. The second-order valence-electron chi connectivity index (χ2n) is 4.94. The Bertz CT molecular complexity index is 670. The number of fused-ring (bicyclic) bond motifs is 1. The summed E-state index contributed by atoms with van der Waals surface area (Å²) in [5.74, 6) is 0.936. The van der Waals surface area contributed by atoms with Crippen molar-refractivity contribution in [2.45, 2.75) is 26.4 Å². The SMILES string of the molecule is Cc1cnc(CNC(C)c2cc3ccccc3o2)cn1. The number of hydrogen-bond acceptors (Lipinski definition) is 4. The van der Waals surface area contributed by atoms with Gasteiger partial charge in [0, 0.05) is 24.3 Å². The van der Waals surface area contributed by atoms with Crippen molar-refractivity contribution in [3.8, 4) is 0 Å². The van der Waals surface area contributed by atoms with E-state index < -0.39 is 0 Å². The van der Waals surface area contributed by atoms with Gasteiger partial charge in [0.25, 0.3) is 0 Å². The Balaban J connectivity index is 1.69. The minimum Gasteiger partial charge on any atom is -0.459 e. The Morgan fingerprint density at radius 1 is 1.20 bits per heavy atom. The van der Waals surface area contributed by atoms with Crippen LogP contribution in [0.3, 0.4) is 0 Å². The highest BCUT2D eigenvalue weighted by Crippen LogP contribution is 2.23. The summed E-state index contributed by atoms with van der Waals surface area (Å²) in [6, 6.07) is 10.2. The Morgan fingerprint density at radius 3 is 2.80 bits per heavy atom. The smallest absolute Gasteiger partial charge is 0.134 e. The van der Waals surface area contributed by atoms with Gasteiger partial charge in [0.05, 0.1) is 17.4 Å². The number of benzene rings is 1. The Morgan fingerprint density at radius 2 is 2.05 bits per heavy atom. The molecule has 0 saturated heterocycles. The van der Waals surface area contributed by atoms with Crippen LogP contribution in [0.2, 0.25) is 0 Å². The molecule has 0 aliphatic carbocycles. The first-order valence-electron chi connectivity index (χ1n) is 6.72. The first-order chi connectivity index (χ1) is 9.72. The highest BCUT2D eigenvalue weighted by atomic mass is 16.3. The number of nitrogens with zero attached hydrogens (tertiary/aromatic N) is 2. The minimum absolute atomic E-state index is 0.130. The lowest BCUT2D eigenvalue weighted by Crippen LogP contribution is -2.18. The summed E-state index contributed by atoms with van der Waals surface area (Å²) in [5, 5.41) is 4.53. The topological polar surface area (TPSA) is 51.0 Å². The van der Waals surface area contributed by atoms with E-state index in [0.29, 0.717) is 6.54 Å². The summed E-state index contributed by atoms with van der Waals surface area (Å²) in [5.41, 5.74) is 2.78. The first kappa shape index (κ1) is 12.8. The molecule has 3 rings (SSSR count). The molecule has 0 radical (unpaired) electrons. The third-order valence-electron chi connectivity index (χ3n) is 3.30. The normalized spacial score (nSPS) is 12.7. The lowest BCUT2D eigenvalue weighted by molar-refractivity contribution is 0.448. The van der Waals surface area contributed by atoms with Crippen LogP contribution in [0, 0.1) is 6.92 Å². The van der Waals surface area contributed by atoms with Crippen molar-refractivity contribution >= 4 is 11.0 Å². The third kappa shape index (κ3) is 2.70. The zero-order valence-electron chi connectivity index (χ0n) is 11.6. The molecule has 20 heavy (non-hydrogen) atoms. The molecule has 3 aromatic rings. The van der Waals surface area contributed by atoms with Crippen molar-refractivity contribution in [2.75, 3.05) is 0 Å². The van der Waals surface area contributed by atoms with Gasteiger partial charge in [0.15, 0.2) is 0 Å². The van der Waals surface area contributed by atoms with Gasteiger partial charge in [-0.05, 0) is 26.0 Å². The largest absolute Gasteiger partial charge is 0.459 e. The zero-order valence-corrected chi connectivity index (χ0v) is 11.6. The Kier molecular flexibility index (Phi) is 3.48. The molecule has 2 aromatic heterocycles. The molecule has 1 unspecified atom stereocenters. The molecule has 0 amide bonds. The monoisotopic (exact) mass is 267 g/mol. The fourth-order valence-corrected chi connectivity index (χ4v) is 2.08. The van der Waals surface area contributed by atoms with E-state index in [-0.39, 0.29) is 6.04 Å². The van der Waals surface area contributed by atoms with E-state index in [2.05, 4.69) is 34.3 Å². The average Bonchev–Trinajstić information content (AvgIpc) is 2.90. The van der Waals surface area contributed by atoms with E-state index in [1.54, 1.807) is 12.4 Å². The molecule has 0 saturated carbocycles. The maximum atomic E-state index is 5.84. The molecule has 0 bridgehead atoms. The van der Waals surface area contributed by atoms with Crippen molar-refractivity contribution in [3.05, 3.63) is 59.9 Å². The molecule has 1 N–H and O–H groups in total. The summed E-state index contributed by atoms with van der Waals surface area (Å²) in [4.78, 5) is 8.57. The number of hydrogen-bond donors (Lipinski definition) is 1. The Hall–Kier alpha value is -2.20. The van der Waals surface area contributed by atoms with Crippen molar-refractivity contribution in [2.24, 2.45) is 0 Å². The van der Waals surface area contributed by atoms with Crippen LogP contribution in [0.25, 0.3) is 11.0 Å². The van der Waals surface area contributed by atoms with Gasteiger partial charge in [-0.1, -0.05) is 18.2 Å². The average molecular weight is 267 g/mol. The third-order valence-corrected chi connectivity index (χ3v) is 3.30. The summed E-state index contributed by atoms with van der Waals surface area (Å²) in [7, 11) is 0. The molecule has 2 heterocycles. The van der Waals surface area contributed by atoms with Crippen LogP contribution in [0.5, 0.6) is 0 Å². The Labute approximate surface area is 117 Å². The van der Waals surface area contributed by atoms with Gasteiger partial charge < -0.3 is 9.73 Å². The number of nitrogens with one attached hydrogen (secondary N) is 1. The number of para-hydroxylation sites is 1. The predicted molar refractivity (Wildman–Crippen MR) is 78.2 cm³/mol. The van der Waals surface area contributed by atoms with E-state index in [9.17, 15) is 0 Å². The van der Waals surface area contributed by atoms with Crippen molar-refractivity contribution in [3.63, 3.8) is 0 Å². The lowest BCUT2D eigenvalue weighted by Gasteiger charge is -2.10. The van der Waals surface area contributed by atoms with Crippen LogP contribution in [0.1, 0.15) is 30.1 Å². The number of furan rings is 1. The number of rotatable bonds is 4. The quantitative estimate of drug-likeness (QED) is 0.787. The van der Waals surface area contributed by atoms with Gasteiger partial charge in [-0.2, -0.15) is 0 Å². The molecule has 4 nitrogen and oxygen atoms in total. The molecular weight excluding hydrogens is 250 g/mol. The summed E-state index contributed by atoms with van der Waals surface area (Å²) >= 11 is 0. The van der Waals surface area contributed by atoms with E-state index in [4.69, 9.17) is 4.42 Å². The molecule has 0 spiro atoms. The fourth-order valence-electron chi connectivity index (χ4n) is 2.08. The maximum absolute atomic E-state index is 5.84. The molecular formula is C16H17N3O. The fraction of sp³-hybridized carbons (Fsp3) is 0.250. The molecule has 102 valence electrons. The minimum atomic E-state index is 0.130. The van der Waals surface area contributed by atoms with Gasteiger partial charge in [-0.25, -0.2) is 0 Å². The van der Waals surface area contributed by atoms with Gasteiger partial charge >= 0.3 is 0 Å². The van der Waals surface area contributed by atoms with Crippen LogP contribution < -0.4 is 5.32 Å². The summed E-state index contributed by atoms with van der Waals surface area (Å²) in [6.07, 6.45) is 3.58. The standard InChI is InChI=1S/C16H17N3O/c1-11-8-19-14(9-17-11)10-18-12(2)16-7-13-5-3-4-6-15(13)20-16/h3-9,12,18H,10H2,1-2H3. The zero-order chi connectivity index (χ0) is 13.9. The van der Waals surface area contributed by atoms with Crippen LogP contribution in [0.4, 0.5) is 0 Å². The van der Waals surface area contributed by atoms with Gasteiger partial charge in [-0.15, -0.1) is 0 Å². The van der Waals surface area contributed by atoms with Crippen molar-refractivity contribution < 1.29 is 4.42 Å². The second-order valence-corrected chi connectivity index (χ2v) is 4.94. The summed E-state index contributed by atoms with van der Waals surface area (Å²) < 4.78 is 5.84. The van der Waals surface area contributed by atoms with E-state index in [1.165, 1.54) is 0 Å². The van der Waals surface area contributed by atoms with Crippen LogP contribution in [-0.4, -0.2) is 9.97 Å². The van der Waals surface area contributed by atoms with Crippen molar-refractivity contribution in [1.29, 1.82) is 0 Å². The predicted octanol–water partition coefficient (Wildman–Crippen LogP) is 3.38. The van der Waals surface area contributed by atoms with E-state index in [1.807, 2.05) is 25.1 Å². The van der Waals surface area contributed by atoms with Crippen LogP contribution in [0.15, 0.2) is 47.1 Å². The van der Waals surface area contributed by atoms with Crippen LogP contribution in [-0.2, 0) is 6.54 Å². The number of aromatic nitrogens is 2. The maximum Gasteiger partial charge on any atom is 0.134 e. The van der Waals surface area contributed by atoms with E-state index in [0.717, 1.165) is 28.1 Å². The molecule has 1 atom stereocenters. The molecule has 4 heteroatoms. The molecule has 0 fully saturated rings. The van der Waals surface area contributed by atoms with Crippen molar-refractivity contribution in [1.82, 2.24) is 15.3 Å². The van der Waals surface area contributed by atoms with Gasteiger partial charge in [0.2, 0.25) is 0 Å². The molecule has 1 aromatic carbocycles. The molecule has 0 aliphatic rings. The summed E-state index contributed by atoms with van der Waals surface area (Å²) in [6.45, 7) is 4.69. The lowest BCUT2D eigenvalue weighted by atomic mass is 10.2. The van der Waals surface area contributed by atoms with Gasteiger partial charge in [-0.3, -0.25) is 9.97 Å². The molecule has 0 aliphatic heterocycles. The highest BCUT2D eigenvalue weighted by Gasteiger charge is 2.11. The van der Waals surface area contributed by atoms with E-state index >= 15 is 0 Å². The van der Waals surface area contributed by atoms with Gasteiger partial charge in [0.1, 0.15) is 11.3 Å². The highest BCUT2D eigenvalue weighted by molar-refractivity contribution is 5.77. The van der Waals surface area contributed by atoms with Crippen LogP contribution >= 0.6 is 0 Å².